The molecule has 15 heavy (non-hydrogen) atoms. The predicted octanol–water partition coefficient (Wildman–Crippen LogP) is 1.56. The van der Waals surface area contributed by atoms with Crippen LogP contribution in [0, 0.1) is 0 Å². The van der Waals surface area contributed by atoms with Gasteiger partial charge < -0.3 is 10.4 Å². The van der Waals surface area contributed by atoms with E-state index in [1.165, 1.54) is 0 Å². The lowest BCUT2D eigenvalue weighted by molar-refractivity contribution is 0.0690. The van der Waals surface area contributed by atoms with Gasteiger partial charge in [0.15, 0.2) is 5.69 Å². The molecule has 3 rings (SSSR count). The highest BCUT2D eigenvalue weighted by molar-refractivity contribution is 7.14. The largest absolute Gasteiger partial charge is 0.476 e. The Kier molecular flexibility index (Phi) is 1.60. The number of aromatic nitrogens is 2. The van der Waals surface area contributed by atoms with Crippen LogP contribution in [0.5, 0.6) is 0 Å². The standard InChI is InChI=1S/C9H7N3O2S/c13-9(14)7-6-3-10-8-5(1-2-15-8)12(6)4-11-7/h1-2,4,10H,3H2,(H,13,14). The molecule has 0 atom stereocenters. The van der Waals surface area contributed by atoms with E-state index in [1.54, 1.807) is 17.7 Å². The minimum Gasteiger partial charge on any atom is -0.476 e. The number of aromatic carboxylic acids is 1. The van der Waals surface area contributed by atoms with Gasteiger partial charge in [-0.3, -0.25) is 4.57 Å². The minimum atomic E-state index is -0.982. The van der Waals surface area contributed by atoms with Gasteiger partial charge in [0.05, 0.1) is 17.9 Å². The number of hydrogen-bond acceptors (Lipinski definition) is 4. The lowest BCUT2D eigenvalue weighted by Crippen LogP contribution is -2.15. The van der Waals surface area contributed by atoms with Crippen molar-refractivity contribution in [1.82, 2.24) is 9.55 Å². The molecule has 1 aliphatic rings. The van der Waals surface area contributed by atoms with E-state index in [1.807, 2.05) is 16.0 Å². The first kappa shape index (κ1) is 8.49. The number of rotatable bonds is 1. The molecule has 2 aromatic rings. The van der Waals surface area contributed by atoms with Crippen LogP contribution < -0.4 is 5.32 Å². The molecular formula is C9H7N3O2S. The Balaban J connectivity index is 2.23. The quantitative estimate of drug-likeness (QED) is 0.766. The fourth-order valence-electron chi connectivity index (χ4n) is 1.72. The van der Waals surface area contributed by atoms with E-state index < -0.39 is 5.97 Å². The van der Waals surface area contributed by atoms with E-state index >= 15 is 0 Å². The summed E-state index contributed by atoms with van der Waals surface area (Å²) in [6.45, 7) is 0.509. The molecule has 0 saturated carbocycles. The number of imidazole rings is 1. The van der Waals surface area contributed by atoms with Crippen LogP contribution >= 0.6 is 11.3 Å². The third-order valence-electron chi connectivity index (χ3n) is 2.39. The van der Waals surface area contributed by atoms with Crippen LogP contribution in [-0.2, 0) is 6.54 Å². The van der Waals surface area contributed by atoms with Gasteiger partial charge in [-0.15, -0.1) is 11.3 Å². The van der Waals surface area contributed by atoms with Crippen LogP contribution in [0.25, 0.3) is 5.69 Å². The summed E-state index contributed by atoms with van der Waals surface area (Å²) in [5.41, 5.74) is 1.80. The number of carboxylic acid groups (broad SMARTS) is 1. The average molecular weight is 221 g/mol. The summed E-state index contributed by atoms with van der Waals surface area (Å²) in [6.07, 6.45) is 1.56. The van der Waals surface area contributed by atoms with Crippen LogP contribution in [0.2, 0.25) is 0 Å². The summed E-state index contributed by atoms with van der Waals surface area (Å²) in [4.78, 5) is 14.8. The topological polar surface area (TPSA) is 67.1 Å². The van der Waals surface area contributed by atoms with Gasteiger partial charge in [-0.25, -0.2) is 9.78 Å². The van der Waals surface area contributed by atoms with Gasteiger partial charge in [0.2, 0.25) is 0 Å². The molecule has 3 heterocycles. The third kappa shape index (κ3) is 1.08. The van der Waals surface area contributed by atoms with Gasteiger partial charge >= 0.3 is 5.97 Å². The van der Waals surface area contributed by atoms with E-state index in [0.29, 0.717) is 12.2 Å². The first-order valence-electron chi connectivity index (χ1n) is 4.38. The fraction of sp³-hybridized carbons (Fsp3) is 0.111. The maximum absolute atomic E-state index is 10.9. The lowest BCUT2D eigenvalue weighted by Gasteiger charge is -2.16. The summed E-state index contributed by atoms with van der Waals surface area (Å²) in [5, 5.41) is 15.1. The lowest BCUT2D eigenvalue weighted by atomic mass is 10.2. The molecule has 0 radical (unpaired) electrons. The van der Waals surface area contributed by atoms with Gasteiger partial charge in [-0.05, 0) is 11.4 Å². The van der Waals surface area contributed by atoms with Gasteiger partial charge in [0.25, 0.3) is 0 Å². The number of anilines is 1. The summed E-state index contributed by atoms with van der Waals surface area (Å²) >= 11 is 1.60. The zero-order valence-corrected chi connectivity index (χ0v) is 8.41. The maximum Gasteiger partial charge on any atom is 0.356 e. The number of nitrogens with zero attached hydrogens (tertiary/aromatic N) is 2. The van der Waals surface area contributed by atoms with Crippen molar-refractivity contribution in [2.24, 2.45) is 0 Å². The monoisotopic (exact) mass is 221 g/mol. The predicted molar refractivity (Wildman–Crippen MR) is 55.7 cm³/mol. The van der Waals surface area contributed by atoms with E-state index in [9.17, 15) is 4.79 Å². The molecule has 0 amide bonds. The number of hydrogen-bond donors (Lipinski definition) is 2. The van der Waals surface area contributed by atoms with E-state index in [0.717, 1.165) is 10.7 Å². The Hall–Kier alpha value is -1.82. The zero-order valence-electron chi connectivity index (χ0n) is 7.60. The Morgan fingerprint density at radius 2 is 2.53 bits per heavy atom. The molecule has 1 aliphatic heterocycles. The first-order chi connectivity index (χ1) is 7.27. The van der Waals surface area contributed by atoms with Crippen LogP contribution in [0.3, 0.4) is 0 Å². The highest BCUT2D eigenvalue weighted by Crippen LogP contribution is 2.32. The molecule has 0 saturated heterocycles. The molecule has 0 aromatic carbocycles. The molecule has 6 heteroatoms. The fourth-order valence-corrected chi connectivity index (χ4v) is 2.49. The van der Waals surface area contributed by atoms with Crippen molar-refractivity contribution < 1.29 is 9.90 Å². The molecule has 0 spiro atoms. The van der Waals surface area contributed by atoms with Crippen molar-refractivity contribution in [3.05, 3.63) is 29.2 Å². The molecule has 2 N–H and O–H groups in total. The summed E-state index contributed by atoms with van der Waals surface area (Å²) in [7, 11) is 0. The normalized spacial score (nSPS) is 12.8. The Morgan fingerprint density at radius 1 is 1.67 bits per heavy atom. The van der Waals surface area contributed by atoms with Crippen LogP contribution in [0.4, 0.5) is 5.00 Å². The highest BCUT2D eigenvalue weighted by Gasteiger charge is 2.23. The first-order valence-corrected chi connectivity index (χ1v) is 5.26. The number of carbonyl (C=O) groups is 1. The molecule has 2 aromatic heterocycles. The van der Waals surface area contributed by atoms with Gasteiger partial charge in [0, 0.05) is 0 Å². The molecule has 76 valence electrons. The third-order valence-corrected chi connectivity index (χ3v) is 3.25. The van der Waals surface area contributed by atoms with Gasteiger partial charge in [-0.1, -0.05) is 0 Å². The summed E-state index contributed by atoms with van der Waals surface area (Å²) < 4.78 is 1.83. The SMILES string of the molecule is O=C(O)c1ncn2c1CNc1sccc1-2. The van der Waals surface area contributed by atoms with Crippen LogP contribution in [0.1, 0.15) is 16.2 Å². The number of thiophene rings is 1. The Morgan fingerprint density at radius 3 is 3.33 bits per heavy atom. The second-order valence-electron chi connectivity index (χ2n) is 3.20. The van der Waals surface area contributed by atoms with Crippen molar-refractivity contribution in [2.75, 3.05) is 5.32 Å². The summed E-state index contributed by atoms with van der Waals surface area (Å²) in [5.74, 6) is -0.982. The molecule has 0 bridgehead atoms. The maximum atomic E-state index is 10.9. The van der Waals surface area contributed by atoms with Crippen molar-refractivity contribution in [2.45, 2.75) is 6.54 Å². The second kappa shape index (κ2) is 2.83. The molecule has 0 unspecified atom stereocenters. The average Bonchev–Trinajstić information content (AvgIpc) is 2.82. The Bertz CT molecular complexity index is 543. The number of fused-ring (bicyclic) bond motifs is 3. The van der Waals surface area contributed by atoms with E-state index in [4.69, 9.17) is 5.11 Å². The van der Waals surface area contributed by atoms with Crippen molar-refractivity contribution in [3.63, 3.8) is 0 Å². The molecular weight excluding hydrogens is 214 g/mol. The van der Waals surface area contributed by atoms with Gasteiger partial charge in [0.1, 0.15) is 11.3 Å². The highest BCUT2D eigenvalue weighted by atomic mass is 32.1. The van der Waals surface area contributed by atoms with E-state index in [-0.39, 0.29) is 5.69 Å². The summed E-state index contributed by atoms with van der Waals surface area (Å²) in [6, 6.07) is 1.95. The molecule has 5 nitrogen and oxygen atoms in total. The number of carboxylic acids is 1. The zero-order chi connectivity index (χ0) is 10.4. The minimum absolute atomic E-state index is 0.124. The van der Waals surface area contributed by atoms with Crippen LogP contribution in [0.15, 0.2) is 17.8 Å². The smallest absolute Gasteiger partial charge is 0.356 e. The van der Waals surface area contributed by atoms with Crippen LogP contribution in [-0.4, -0.2) is 20.6 Å². The van der Waals surface area contributed by atoms with Crippen molar-refractivity contribution in [3.8, 4) is 5.69 Å². The van der Waals surface area contributed by atoms with Crippen molar-refractivity contribution >= 4 is 22.3 Å². The Labute approximate surface area is 89.0 Å². The molecule has 0 aliphatic carbocycles. The van der Waals surface area contributed by atoms with Gasteiger partial charge in [-0.2, -0.15) is 0 Å². The number of nitrogens with one attached hydrogen (secondary N) is 1. The second-order valence-corrected chi connectivity index (χ2v) is 4.12. The van der Waals surface area contributed by atoms with E-state index in [2.05, 4.69) is 10.3 Å². The van der Waals surface area contributed by atoms with Crippen molar-refractivity contribution in [1.29, 1.82) is 0 Å². The molecule has 0 fully saturated rings.